The van der Waals surface area contributed by atoms with Gasteiger partial charge in [0.2, 0.25) is 5.91 Å². The van der Waals surface area contributed by atoms with E-state index in [4.69, 9.17) is 9.47 Å². The molecule has 1 heterocycles. The van der Waals surface area contributed by atoms with Gasteiger partial charge in [0, 0.05) is 0 Å². The van der Waals surface area contributed by atoms with Crippen LogP contribution in [0.2, 0.25) is 0 Å². The quantitative estimate of drug-likeness (QED) is 0.400. The summed E-state index contributed by atoms with van der Waals surface area (Å²) in [4.78, 5) is 46.2. The highest BCUT2D eigenvalue weighted by atomic mass is 16.6. The highest BCUT2D eigenvalue weighted by Gasteiger charge is 2.46. The molecular weight excluding hydrogens is 332 g/mol. The summed E-state index contributed by atoms with van der Waals surface area (Å²) in [6.45, 7) is 1.24. The fourth-order valence-electron chi connectivity index (χ4n) is 2.04. The fourth-order valence-corrected chi connectivity index (χ4v) is 2.04. The van der Waals surface area contributed by atoms with E-state index in [-0.39, 0.29) is 13.2 Å². The lowest BCUT2D eigenvalue weighted by Crippen LogP contribution is -2.72. The molecule has 1 aromatic carbocycles. The molecule has 1 aromatic rings. The number of carbonyl (C=O) groups excluding carboxylic acids is 4. The van der Waals surface area contributed by atoms with E-state index in [0.29, 0.717) is 0 Å². The minimum atomic E-state index is -1.11. The van der Waals surface area contributed by atoms with Crippen molar-refractivity contribution in [2.45, 2.75) is 25.6 Å². The SMILES string of the molecule is CCOC(=O)COC(=O)[C@@H]1NC(=O)[C@@H]1NC(=O)OCc1ccccc1. The van der Waals surface area contributed by atoms with E-state index in [1.807, 2.05) is 6.07 Å². The van der Waals surface area contributed by atoms with E-state index in [1.165, 1.54) is 0 Å². The number of nitrogens with one attached hydrogen (secondary N) is 2. The minimum absolute atomic E-state index is 0.0268. The van der Waals surface area contributed by atoms with Gasteiger partial charge in [-0.15, -0.1) is 0 Å². The van der Waals surface area contributed by atoms with Gasteiger partial charge in [0.25, 0.3) is 0 Å². The lowest BCUT2D eigenvalue weighted by Gasteiger charge is -2.34. The van der Waals surface area contributed by atoms with Gasteiger partial charge >= 0.3 is 18.0 Å². The fraction of sp³-hybridized carbons (Fsp3) is 0.375. The van der Waals surface area contributed by atoms with E-state index in [2.05, 4.69) is 15.4 Å². The number of carbonyl (C=O) groups is 4. The molecule has 1 aliphatic heterocycles. The van der Waals surface area contributed by atoms with Crippen LogP contribution in [0.25, 0.3) is 0 Å². The number of amides is 2. The molecule has 25 heavy (non-hydrogen) atoms. The van der Waals surface area contributed by atoms with Crippen LogP contribution in [0.15, 0.2) is 30.3 Å². The van der Waals surface area contributed by atoms with Crippen molar-refractivity contribution in [2.24, 2.45) is 0 Å². The van der Waals surface area contributed by atoms with Crippen molar-refractivity contribution in [2.75, 3.05) is 13.2 Å². The van der Waals surface area contributed by atoms with Crippen LogP contribution < -0.4 is 10.6 Å². The molecule has 0 spiro atoms. The van der Waals surface area contributed by atoms with E-state index in [0.717, 1.165) is 5.56 Å². The third-order valence-corrected chi connectivity index (χ3v) is 3.29. The zero-order valence-corrected chi connectivity index (χ0v) is 13.5. The van der Waals surface area contributed by atoms with Gasteiger partial charge in [-0.3, -0.25) is 4.79 Å². The topological polar surface area (TPSA) is 120 Å². The Hall–Kier alpha value is -3.10. The monoisotopic (exact) mass is 350 g/mol. The molecule has 2 N–H and O–H groups in total. The maximum Gasteiger partial charge on any atom is 0.408 e. The molecule has 9 nitrogen and oxygen atoms in total. The summed E-state index contributed by atoms with van der Waals surface area (Å²) < 4.78 is 14.3. The third kappa shape index (κ3) is 5.20. The summed E-state index contributed by atoms with van der Waals surface area (Å²) in [5.41, 5.74) is 0.779. The largest absolute Gasteiger partial charge is 0.463 e. The smallest absolute Gasteiger partial charge is 0.408 e. The Kier molecular flexibility index (Phi) is 6.33. The average Bonchev–Trinajstić information content (AvgIpc) is 2.61. The summed E-state index contributed by atoms with van der Waals surface area (Å²) in [6, 6.07) is 6.79. The first-order valence-electron chi connectivity index (χ1n) is 7.61. The van der Waals surface area contributed by atoms with Crippen molar-refractivity contribution in [3.63, 3.8) is 0 Å². The Labute approximate surface area is 143 Å². The first-order valence-corrected chi connectivity index (χ1v) is 7.61. The Morgan fingerprint density at radius 1 is 1.12 bits per heavy atom. The predicted molar refractivity (Wildman–Crippen MR) is 83.1 cm³/mol. The molecule has 0 bridgehead atoms. The van der Waals surface area contributed by atoms with Crippen LogP contribution in [-0.4, -0.2) is 49.2 Å². The van der Waals surface area contributed by atoms with Crippen molar-refractivity contribution >= 4 is 23.9 Å². The number of benzene rings is 1. The van der Waals surface area contributed by atoms with Crippen molar-refractivity contribution in [3.05, 3.63) is 35.9 Å². The first kappa shape index (κ1) is 18.2. The maximum absolute atomic E-state index is 11.8. The lowest BCUT2D eigenvalue weighted by atomic mass is 9.99. The van der Waals surface area contributed by atoms with Crippen LogP contribution in [0.5, 0.6) is 0 Å². The number of alkyl carbamates (subject to hydrolysis) is 1. The van der Waals surface area contributed by atoms with Gasteiger partial charge in [-0.2, -0.15) is 0 Å². The molecule has 2 amide bonds. The van der Waals surface area contributed by atoms with Gasteiger partial charge in [-0.1, -0.05) is 30.3 Å². The summed E-state index contributed by atoms with van der Waals surface area (Å²) in [6.07, 6.45) is -0.841. The minimum Gasteiger partial charge on any atom is -0.463 e. The average molecular weight is 350 g/mol. The number of ether oxygens (including phenoxy) is 3. The predicted octanol–water partition coefficient (Wildman–Crippen LogP) is -0.114. The Morgan fingerprint density at radius 3 is 2.48 bits per heavy atom. The molecule has 0 saturated carbocycles. The highest BCUT2D eigenvalue weighted by molar-refractivity contribution is 6.01. The van der Waals surface area contributed by atoms with Gasteiger partial charge in [0.1, 0.15) is 12.6 Å². The zero-order valence-electron chi connectivity index (χ0n) is 13.5. The number of hydrogen-bond donors (Lipinski definition) is 2. The second-order valence-corrected chi connectivity index (χ2v) is 5.08. The highest BCUT2D eigenvalue weighted by Crippen LogP contribution is 2.09. The van der Waals surface area contributed by atoms with Crippen LogP contribution >= 0.6 is 0 Å². The van der Waals surface area contributed by atoms with Gasteiger partial charge in [0.15, 0.2) is 12.6 Å². The van der Waals surface area contributed by atoms with Crippen LogP contribution in [-0.2, 0) is 35.2 Å². The standard InChI is InChI=1S/C16H18N2O7/c1-2-23-11(19)9-24-15(21)13-12(14(20)17-13)18-16(22)25-8-10-6-4-3-5-7-10/h3-7,12-13H,2,8-9H2,1H3,(H,17,20)(H,18,22)/t12-,13-/m1/s1. The molecule has 0 aliphatic carbocycles. The van der Waals surface area contributed by atoms with Gasteiger partial charge in [0.05, 0.1) is 6.61 Å². The number of esters is 2. The molecule has 1 aliphatic rings. The van der Waals surface area contributed by atoms with Gasteiger partial charge in [-0.25, -0.2) is 14.4 Å². The summed E-state index contributed by atoms with van der Waals surface area (Å²) in [5.74, 6) is -2.09. The van der Waals surface area contributed by atoms with Crippen molar-refractivity contribution in [1.82, 2.24) is 10.6 Å². The summed E-state index contributed by atoms with van der Waals surface area (Å²) in [7, 11) is 0. The first-order chi connectivity index (χ1) is 12.0. The zero-order chi connectivity index (χ0) is 18.2. The lowest BCUT2D eigenvalue weighted by molar-refractivity contribution is -0.163. The molecule has 1 fully saturated rings. The molecule has 9 heteroatoms. The summed E-state index contributed by atoms with van der Waals surface area (Å²) >= 11 is 0. The number of β-lactam (4-membered cyclic amide) rings is 1. The molecule has 2 atom stereocenters. The van der Waals surface area contributed by atoms with E-state index in [9.17, 15) is 19.2 Å². The van der Waals surface area contributed by atoms with E-state index < -0.39 is 42.6 Å². The Bertz CT molecular complexity index is 647. The van der Waals surface area contributed by atoms with Crippen LogP contribution in [0.4, 0.5) is 4.79 Å². The second-order valence-electron chi connectivity index (χ2n) is 5.08. The molecule has 1 saturated heterocycles. The van der Waals surface area contributed by atoms with Crippen LogP contribution in [0.1, 0.15) is 12.5 Å². The molecule has 134 valence electrons. The number of rotatable bonds is 7. The normalized spacial score (nSPS) is 18.4. The molecule has 0 radical (unpaired) electrons. The van der Waals surface area contributed by atoms with Gasteiger partial charge < -0.3 is 24.8 Å². The molecular formula is C16H18N2O7. The third-order valence-electron chi connectivity index (χ3n) is 3.29. The van der Waals surface area contributed by atoms with E-state index >= 15 is 0 Å². The van der Waals surface area contributed by atoms with Crippen LogP contribution in [0.3, 0.4) is 0 Å². The van der Waals surface area contributed by atoms with Crippen molar-refractivity contribution < 1.29 is 33.4 Å². The van der Waals surface area contributed by atoms with Gasteiger partial charge in [-0.05, 0) is 12.5 Å². The summed E-state index contributed by atoms with van der Waals surface area (Å²) in [5, 5.41) is 4.58. The molecule has 2 rings (SSSR count). The van der Waals surface area contributed by atoms with Crippen LogP contribution in [0, 0.1) is 0 Å². The van der Waals surface area contributed by atoms with Crippen molar-refractivity contribution in [1.29, 1.82) is 0 Å². The Morgan fingerprint density at radius 2 is 1.84 bits per heavy atom. The molecule has 0 unspecified atom stereocenters. The van der Waals surface area contributed by atoms with E-state index in [1.54, 1.807) is 31.2 Å². The second kappa shape index (κ2) is 8.67. The Balaban J connectivity index is 1.77. The molecule has 0 aromatic heterocycles. The van der Waals surface area contributed by atoms with Crippen molar-refractivity contribution in [3.8, 4) is 0 Å². The maximum atomic E-state index is 11.8. The number of hydrogen-bond acceptors (Lipinski definition) is 7.